The van der Waals surface area contributed by atoms with E-state index in [1.807, 2.05) is 12.4 Å². The van der Waals surface area contributed by atoms with Gasteiger partial charge in [-0.3, -0.25) is 14.9 Å². The number of hydrogen-bond acceptors (Lipinski definition) is 7. The van der Waals surface area contributed by atoms with Crippen molar-refractivity contribution in [2.45, 2.75) is 105 Å². The standard InChI is InChI=1S/C49H62N4O3/c1-8-11-15-36-17-19-42(20-18-36)53(34-39-16-12-24-51-49(39)41-31-47(55-6)44(14-10-3)48(32-41)56-7)43-22-26-52(27-23-43)33-37-21-25-50-45(28-37)40-29-38(13-9-2)35(4)46(30-40)54-5/h12,16-21,24-25,28-32,43H,8-11,13-15,22-23,26-27,33-34H2,1-7H3. The van der Waals surface area contributed by atoms with Crippen molar-refractivity contribution >= 4 is 5.69 Å². The van der Waals surface area contributed by atoms with Gasteiger partial charge in [0.25, 0.3) is 0 Å². The van der Waals surface area contributed by atoms with E-state index in [9.17, 15) is 0 Å². The van der Waals surface area contributed by atoms with E-state index in [2.05, 4.69) is 110 Å². The van der Waals surface area contributed by atoms with Crippen molar-refractivity contribution < 1.29 is 14.2 Å². The van der Waals surface area contributed by atoms with E-state index >= 15 is 0 Å². The Bertz CT molecular complexity index is 1990. The number of pyridine rings is 2. The molecule has 0 amide bonds. The van der Waals surface area contributed by atoms with Gasteiger partial charge >= 0.3 is 0 Å². The zero-order valence-electron chi connectivity index (χ0n) is 34.9. The first-order valence-electron chi connectivity index (χ1n) is 20.8. The molecule has 296 valence electrons. The van der Waals surface area contributed by atoms with Crippen LogP contribution in [0.15, 0.2) is 85.2 Å². The van der Waals surface area contributed by atoms with Crippen molar-refractivity contribution in [2.75, 3.05) is 39.3 Å². The van der Waals surface area contributed by atoms with Gasteiger partial charge in [0.05, 0.1) is 32.7 Å². The van der Waals surface area contributed by atoms with Crippen LogP contribution in [0.2, 0.25) is 0 Å². The summed E-state index contributed by atoms with van der Waals surface area (Å²) in [5.41, 5.74) is 12.9. The fraction of sp³-hybridized carbons (Fsp3) is 0.429. The lowest BCUT2D eigenvalue weighted by Gasteiger charge is -2.40. The number of ether oxygens (including phenoxy) is 3. The Hall–Kier alpha value is -4.88. The van der Waals surface area contributed by atoms with Crippen molar-refractivity contribution in [2.24, 2.45) is 0 Å². The van der Waals surface area contributed by atoms with E-state index in [0.717, 1.165) is 116 Å². The van der Waals surface area contributed by atoms with E-state index in [0.29, 0.717) is 6.04 Å². The summed E-state index contributed by atoms with van der Waals surface area (Å²) in [5.74, 6) is 2.64. The number of piperidine rings is 1. The van der Waals surface area contributed by atoms with Crippen molar-refractivity contribution in [1.82, 2.24) is 14.9 Å². The molecule has 7 heteroatoms. The number of unbranched alkanes of at least 4 members (excludes halogenated alkanes) is 1. The van der Waals surface area contributed by atoms with Crippen LogP contribution in [0.4, 0.5) is 5.69 Å². The molecule has 6 rings (SSSR count). The largest absolute Gasteiger partial charge is 0.496 e. The third-order valence-electron chi connectivity index (χ3n) is 11.4. The number of nitrogens with zero attached hydrogens (tertiary/aromatic N) is 4. The van der Waals surface area contributed by atoms with Gasteiger partial charge in [0.15, 0.2) is 0 Å². The fourth-order valence-corrected chi connectivity index (χ4v) is 8.31. The Labute approximate surface area is 336 Å². The van der Waals surface area contributed by atoms with Crippen LogP contribution in [0.3, 0.4) is 0 Å². The molecule has 1 aliphatic heterocycles. The normalized spacial score (nSPS) is 13.5. The average molecular weight is 755 g/mol. The van der Waals surface area contributed by atoms with Crippen LogP contribution in [0.25, 0.3) is 22.5 Å². The number of aryl methyl sites for hydroxylation is 2. The lowest BCUT2D eigenvalue weighted by atomic mass is 9.97. The summed E-state index contributed by atoms with van der Waals surface area (Å²) >= 11 is 0. The fourth-order valence-electron chi connectivity index (χ4n) is 8.31. The minimum Gasteiger partial charge on any atom is -0.496 e. The molecule has 0 N–H and O–H groups in total. The SMILES string of the molecule is CCCCc1ccc(N(Cc2cccnc2-c2cc(OC)c(CCC)c(OC)c2)C2CCN(Cc3ccnc(-c4cc(CCC)c(C)c(OC)c4)c3)CC2)cc1. The quantitative estimate of drug-likeness (QED) is 0.0883. The maximum Gasteiger partial charge on any atom is 0.126 e. The molecule has 7 nitrogen and oxygen atoms in total. The highest BCUT2D eigenvalue weighted by atomic mass is 16.5. The lowest BCUT2D eigenvalue weighted by Crippen LogP contribution is -2.44. The molecule has 1 aliphatic rings. The highest BCUT2D eigenvalue weighted by Gasteiger charge is 2.27. The van der Waals surface area contributed by atoms with Crippen molar-refractivity contribution in [3.05, 3.63) is 119 Å². The molecule has 0 bridgehead atoms. The summed E-state index contributed by atoms with van der Waals surface area (Å²) in [7, 11) is 5.25. The van der Waals surface area contributed by atoms with Gasteiger partial charge in [0.1, 0.15) is 17.2 Å². The molecule has 3 heterocycles. The highest BCUT2D eigenvalue weighted by molar-refractivity contribution is 5.70. The summed E-state index contributed by atoms with van der Waals surface area (Å²) < 4.78 is 17.6. The van der Waals surface area contributed by atoms with Crippen LogP contribution >= 0.6 is 0 Å². The minimum atomic E-state index is 0.391. The van der Waals surface area contributed by atoms with Gasteiger partial charge in [-0.15, -0.1) is 0 Å². The van der Waals surface area contributed by atoms with Gasteiger partial charge in [-0.1, -0.05) is 58.2 Å². The molecule has 1 saturated heterocycles. The second-order valence-corrected chi connectivity index (χ2v) is 15.3. The topological polar surface area (TPSA) is 60.0 Å². The van der Waals surface area contributed by atoms with Crippen molar-refractivity contribution in [3.8, 4) is 39.8 Å². The molecule has 0 unspecified atom stereocenters. The maximum absolute atomic E-state index is 5.90. The monoisotopic (exact) mass is 754 g/mol. The van der Waals surface area contributed by atoms with E-state index in [4.69, 9.17) is 24.2 Å². The molecule has 3 aromatic carbocycles. The summed E-state index contributed by atoms with van der Waals surface area (Å²) in [4.78, 5) is 15.0. The molecule has 0 aliphatic carbocycles. The van der Waals surface area contributed by atoms with Crippen LogP contribution in [-0.2, 0) is 32.4 Å². The van der Waals surface area contributed by atoms with E-state index in [1.165, 1.54) is 46.3 Å². The average Bonchev–Trinajstić information content (AvgIpc) is 3.23. The number of aromatic nitrogens is 2. The van der Waals surface area contributed by atoms with Crippen LogP contribution < -0.4 is 19.1 Å². The number of methoxy groups -OCH3 is 3. The number of anilines is 1. The third kappa shape index (κ3) is 9.73. The second-order valence-electron chi connectivity index (χ2n) is 15.3. The zero-order valence-corrected chi connectivity index (χ0v) is 34.9. The van der Waals surface area contributed by atoms with Crippen LogP contribution in [-0.4, -0.2) is 55.3 Å². The molecule has 5 aromatic rings. The predicted molar refractivity (Wildman–Crippen MR) is 231 cm³/mol. The van der Waals surface area contributed by atoms with Crippen molar-refractivity contribution in [1.29, 1.82) is 0 Å². The predicted octanol–water partition coefficient (Wildman–Crippen LogP) is 11.1. The number of benzene rings is 3. The molecule has 0 atom stereocenters. The van der Waals surface area contributed by atoms with E-state index in [1.54, 1.807) is 21.3 Å². The van der Waals surface area contributed by atoms with E-state index < -0.39 is 0 Å². The highest BCUT2D eigenvalue weighted by Crippen LogP contribution is 2.38. The third-order valence-corrected chi connectivity index (χ3v) is 11.4. The van der Waals surface area contributed by atoms with Gasteiger partial charge in [0, 0.05) is 67.0 Å². The summed E-state index contributed by atoms with van der Waals surface area (Å²) in [6, 6.07) is 27.2. The van der Waals surface area contributed by atoms with Crippen LogP contribution in [0.1, 0.15) is 92.7 Å². The van der Waals surface area contributed by atoms with Gasteiger partial charge < -0.3 is 19.1 Å². The van der Waals surface area contributed by atoms with Gasteiger partial charge in [-0.05, 0) is 128 Å². The summed E-state index contributed by atoms with van der Waals surface area (Å²) in [5, 5.41) is 0. The minimum absolute atomic E-state index is 0.391. The molecule has 2 aromatic heterocycles. The summed E-state index contributed by atoms with van der Waals surface area (Å²) in [6.07, 6.45) is 13.6. The molecule has 0 spiro atoms. The molecule has 0 radical (unpaired) electrons. The first-order valence-corrected chi connectivity index (χ1v) is 20.8. The molecule has 56 heavy (non-hydrogen) atoms. The van der Waals surface area contributed by atoms with Gasteiger partial charge in [-0.2, -0.15) is 0 Å². The molecule has 1 fully saturated rings. The lowest BCUT2D eigenvalue weighted by molar-refractivity contribution is 0.201. The summed E-state index contributed by atoms with van der Waals surface area (Å²) in [6.45, 7) is 12.5. The molecule has 0 saturated carbocycles. The second kappa shape index (κ2) is 19.8. The first kappa shape index (κ1) is 40.8. The smallest absolute Gasteiger partial charge is 0.126 e. The van der Waals surface area contributed by atoms with Crippen molar-refractivity contribution in [3.63, 3.8) is 0 Å². The zero-order chi connectivity index (χ0) is 39.4. The van der Waals surface area contributed by atoms with E-state index in [-0.39, 0.29) is 0 Å². The Morgan fingerprint density at radius 3 is 2.04 bits per heavy atom. The van der Waals surface area contributed by atoms with Gasteiger partial charge in [-0.25, -0.2) is 0 Å². The first-order chi connectivity index (χ1) is 27.4. The van der Waals surface area contributed by atoms with Crippen LogP contribution in [0, 0.1) is 6.92 Å². The van der Waals surface area contributed by atoms with Gasteiger partial charge in [0.2, 0.25) is 0 Å². The molecular formula is C49H62N4O3. The maximum atomic E-state index is 5.90. The Morgan fingerprint density at radius 2 is 1.38 bits per heavy atom. The number of rotatable bonds is 18. The Balaban J connectivity index is 1.23. The Kier molecular flexibility index (Phi) is 14.4. The molecular weight excluding hydrogens is 693 g/mol. The Morgan fingerprint density at radius 1 is 0.679 bits per heavy atom. The number of likely N-dealkylation sites (tertiary alicyclic amines) is 1. The number of hydrogen-bond donors (Lipinski definition) is 0. The van der Waals surface area contributed by atoms with Crippen LogP contribution in [0.5, 0.6) is 17.2 Å².